The van der Waals surface area contributed by atoms with E-state index in [4.69, 9.17) is 10.9 Å². The number of hydrazine groups is 1. The van der Waals surface area contributed by atoms with Crippen LogP contribution < -0.4 is 11.3 Å². The van der Waals surface area contributed by atoms with Gasteiger partial charge >= 0.3 is 12.1 Å². The number of carboxylic acid groups (broad SMARTS) is 1. The molecule has 2 atom stereocenters. The van der Waals surface area contributed by atoms with Crippen molar-refractivity contribution in [1.29, 1.82) is 0 Å². The maximum atomic E-state index is 13.0. The molecular formula is C9H9F3N2O3. The monoisotopic (exact) mass is 250 g/mol. The molecule has 0 aliphatic heterocycles. The zero-order valence-electron chi connectivity index (χ0n) is 8.36. The fourth-order valence-electron chi connectivity index (χ4n) is 1.65. The Labute approximate surface area is 93.7 Å². The first-order chi connectivity index (χ1) is 7.77. The molecule has 4 N–H and O–H groups in total. The van der Waals surface area contributed by atoms with Crippen LogP contribution in [-0.2, 0) is 9.59 Å². The Hall–Kier alpha value is -1.83. The van der Waals surface area contributed by atoms with Crippen LogP contribution >= 0.6 is 0 Å². The normalized spacial score (nSPS) is 27.9. The van der Waals surface area contributed by atoms with Crippen LogP contribution in [0.2, 0.25) is 0 Å². The fraction of sp³-hybridized carbons (Fsp3) is 0.333. The number of hydrogen-bond donors (Lipinski definition) is 3. The van der Waals surface area contributed by atoms with E-state index in [1.807, 2.05) is 0 Å². The summed E-state index contributed by atoms with van der Waals surface area (Å²) in [5, 5.41) is 8.78. The Morgan fingerprint density at radius 1 is 1.35 bits per heavy atom. The van der Waals surface area contributed by atoms with Gasteiger partial charge in [0.1, 0.15) is 5.92 Å². The summed E-state index contributed by atoms with van der Waals surface area (Å²) in [5.74, 6) is -0.719. The summed E-state index contributed by atoms with van der Waals surface area (Å²) in [6.07, 6.45) is -1.69. The quantitative estimate of drug-likeness (QED) is 0.374. The SMILES string of the molecule is NNC(=O)[C@@]1(C(F)(F)F)C=CC=C[C@H]1C(=O)O. The minimum Gasteiger partial charge on any atom is -0.481 e. The first-order valence-corrected chi connectivity index (χ1v) is 4.44. The summed E-state index contributed by atoms with van der Waals surface area (Å²) >= 11 is 0. The van der Waals surface area contributed by atoms with Crippen LogP contribution in [0, 0.1) is 11.3 Å². The highest BCUT2D eigenvalue weighted by atomic mass is 19.4. The van der Waals surface area contributed by atoms with Gasteiger partial charge in [-0.15, -0.1) is 0 Å². The maximum absolute atomic E-state index is 13.0. The number of rotatable bonds is 2. The molecule has 17 heavy (non-hydrogen) atoms. The smallest absolute Gasteiger partial charge is 0.407 e. The molecule has 0 saturated carbocycles. The van der Waals surface area contributed by atoms with Crippen molar-refractivity contribution in [1.82, 2.24) is 5.43 Å². The first kappa shape index (κ1) is 13.2. The lowest BCUT2D eigenvalue weighted by atomic mass is 9.71. The van der Waals surface area contributed by atoms with Crippen molar-refractivity contribution in [2.24, 2.45) is 17.2 Å². The van der Waals surface area contributed by atoms with Gasteiger partial charge in [-0.1, -0.05) is 24.3 Å². The summed E-state index contributed by atoms with van der Waals surface area (Å²) in [5.41, 5.74) is -1.82. The first-order valence-electron chi connectivity index (χ1n) is 4.44. The average Bonchev–Trinajstić information content (AvgIpc) is 2.26. The highest BCUT2D eigenvalue weighted by Gasteiger charge is 2.65. The van der Waals surface area contributed by atoms with Gasteiger partial charge in [0, 0.05) is 0 Å². The molecule has 0 spiro atoms. The molecule has 0 unspecified atom stereocenters. The standard InChI is InChI=1S/C9H9F3N2O3/c10-9(11,12)8(7(17)14-13)4-2-1-3-5(8)6(15)16/h1-5H,13H2,(H,14,17)(H,15,16)/t5-,8+/m0/s1. The second kappa shape index (κ2) is 4.21. The molecule has 0 saturated heterocycles. The highest BCUT2D eigenvalue weighted by molar-refractivity contribution is 5.92. The summed E-state index contributed by atoms with van der Waals surface area (Å²) in [6.45, 7) is 0. The molecule has 0 radical (unpaired) electrons. The van der Waals surface area contributed by atoms with Gasteiger partial charge in [-0.25, -0.2) is 5.84 Å². The molecule has 0 aromatic rings. The topological polar surface area (TPSA) is 92.4 Å². The van der Waals surface area contributed by atoms with Crippen molar-refractivity contribution in [3.8, 4) is 0 Å². The number of halogens is 3. The fourth-order valence-corrected chi connectivity index (χ4v) is 1.65. The number of hydrogen-bond acceptors (Lipinski definition) is 3. The van der Waals surface area contributed by atoms with Crippen LogP contribution in [0.4, 0.5) is 13.2 Å². The number of carbonyl (C=O) groups excluding carboxylic acids is 1. The third-order valence-electron chi connectivity index (χ3n) is 2.51. The number of aliphatic carboxylic acids is 1. The van der Waals surface area contributed by atoms with Gasteiger partial charge in [0.2, 0.25) is 0 Å². The van der Waals surface area contributed by atoms with E-state index < -0.39 is 29.4 Å². The Bertz CT molecular complexity index is 403. The van der Waals surface area contributed by atoms with Gasteiger partial charge in [0.15, 0.2) is 5.41 Å². The lowest BCUT2D eigenvalue weighted by Gasteiger charge is -2.35. The second-order valence-electron chi connectivity index (χ2n) is 3.40. The molecule has 0 fully saturated rings. The molecule has 0 aromatic carbocycles. The van der Waals surface area contributed by atoms with Crippen molar-refractivity contribution >= 4 is 11.9 Å². The van der Waals surface area contributed by atoms with Gasteiger partial charge in [0.25, 0.3) is 5.91 Å². The zero-order chi connectivity index (χ0) is 13.3. The van der Waals surface area contributed by atoms with Crippen LogP contribution in [0.3, 0.4) is 0 Å². The van der Waals surface area contributed by atoms with Crippen molar-refractivity contribution in [2.75, 3.05) is 0 Å². The van der Waals surface area contributed by atoms with Crippen molar-refractivity contribution in [3.05, 3.63) is 24.3 Å². The summed E-state index contributed by atoms with van der Waals surface area (Å²) in [6, 6.07) is 0. The Morgan fingerprint density at radius 2 is 1.94 bits per heavy atom. The van der Waals surface area contributed by atoms with Crippen LogP contribution in [-0.4, -0.2) is 23.2 Å². The molecule has 1 aliphatic rings. The van der Waals surface area contributed by atoms with Gasteiger partial charge in [-0.3, -0.25) is 15.0 Å². The number of carbonyl (C=O) groups is 2. The van der Waals surface area contributed by atoms with Crippen LogP contribution in [0.25, 0.3) is 0 Å². The van der Waals surface area contributed by atoms with Crippen molar-refractivity contribution in [3.63, 3.8) is 0 Å². The predicted molar refractivity (Wildman–Crippen MR) is 50.2 cm³/mol. The van der Waals surface area contributed by atoms with Gasteiger partial charge in [0.05, 0.1) is 0 Å². The predicted octanol–water partition coefficient (Wildman–Crippen LogP) is 0.352. The van der Waals surface area contributed by atoms with Gasteiger partial charge < -0.3 is 5.11 Å². The van der Waals surface area contributed by atoms with Crippen LogP contribution in [0.15, 0.2) is 24.3 Å². The number of nitrogens with two attached hydrogens (primary N) is 1. The van der Waals surface area contributed by atoms with E-state index in [-0.39, 0.29) is 0 Å². The van der Waals surface area contributed by atoms with Gasteiger partial charge in [-0.2, -0.15) is 13.2 Å². The average molecular weight is 250 g/mol. The summed E-state index contributed by atoms with van der Waals surface area (Å²) < 4.78 is 38.9. The number of alkyl halides is 3. The van der Waals surface area contributed by atoms with Crippen molar-refractivity contribution in [2.45, 2.75) is 6.18 Å². The van der Waals surface area contributed by atoms with E-state index >= 15 is 0 Å². The summed E-state index contributed by atoms with van der Waals surface area (Å²) in [7, 11) is 0. The minimum absolute atomic E-state index is 0.494. The molecule has 1 aliphatic carbocycles. The maximum Gasteiger partial charge on any atom is 0.407 e. The number of carboxylic acids is 1. The molecule has 5 nitrogen and oxygen atoms in total. The van der Waals surface area contributed by atoms with E-state index in [1.165, 1.54) is 5.43 Å². The van der Waals surface area contributed by atoms with Crippen LogP contribution in [0.5, 0.6) is 0 Å². The Kier molecular flexibility index (Phi) is 3.28. The summed E-state index contributed by atoms with van der Waals surface area (Å²) in [4.78, 5) is 22.2. The van der Waals surface area contributed by atoms with Gasteiger partial charge in [-0.05, 0) is 0 Å². The molecule has 0 bridgehead atoms. The third-order valence-corrected chi connectivity index (χ3v) is 2.51. The molecular weight excluding hydrogens is 241 g/mol. The molecule has 0 aromatic heterocycles. The Morgan fingerprint density at radius 3 is 2.35 bits per heavy atom. The number of nitrogens with one attached hydrogen (secondary N) is 1. The van der Waals surface area contributed by atoms with E-state index in [2.05, 4.69) is 0 Å². The minimum atomic E-state index is -5.07. The lowest BCUT2D eigenvalue weighted by molar-refractivity contribution is -0.220. The number of amides is 1. The van der Waals surface area contributed by atoms with E-state index in [0.717, 1.165) is 18.2 Å². The molecule has 1 rings (SSSR count). The molecule has 8 heteroatoms. The number of allylic oxidation sites excluding steroid dienone is 2. The van der Waals surface area contributed by atoms with E-state index in [9.17, 15) is 22.8 Å². The van der Waals surface area contributed by atoms with Crippen molar-refractivity contribution < 1.29 is 27.9 Å². The molecule has 1 amide bonds. The van der Waals surface area contributed by atoms with E-state index in [1.54, 1.807) is 0 Å². The Balaban J connectivity index is 3.41. The van der Waals surface area contributed by atoms with E-state index in [0.29, 0.717) is 6.08 Å². The second-order valence-corrected chi connectivity index (χ2v) is 3.40. The third kappa shape index (κ3) is 1.91. The molecule has 0 heterocycles. The largest absolute Gasteiger partial charge is 0.481 e. The lowest BCUT2D eigenvalue weighted by Crippen LogP contribution is -2.57. The molecule has 94 valence electrons. The zero-order valence-corrected chi connectivity index (χ0v) is 8.36. The van der Waals surface area contributed by atoms with Crippen LogP contribution in [0.1, 0.15) is 0 Å². The highest BCUT2D eigenvalue weighted by Crippen LogP contribution is 2.47.